The molecule has 0 aliphatic rings. The molecule has 0 rings (SSSR count). The molecule has 0 atom stereocenters. The maximum atomic E-state index is 0. The molecule has 5 heavy (non-hydrogen) atoms. The van der Waals surface area contributed by atoms with Crippen LogP contribution in [0.3, 0.4) is 0 Å². The quantitative estimate of drug-likeness (QED) is 0.437. The van der Waals surface area contributed by atoms with E-state index >= 15 is 0 Å². The van der Waals surface area contributed by atoms with Crippen LogP contribution < -0.4 is 0 Å². The van der Waals surface area contributed by atoms with Gasteiger partial charge in [0.25, 0.3) is 0 Å². The van der Waals surface area contributed by atoms with Gasteiger partial charge in [-0.2, -0.15) is 0 Å². The third-order valence-electron chi connectivity index (χ3n) is 0. The average Bonchev–Trinajstić information content (AvgIpc) is 0. The van der Waals surface area contributed by atoms with Crippen molar-refractivity contribution in [2.45, 2.75) is 0 Å². The molecule has 0 N–H and O–H groups in total. The van der Waals surface area contributed by atoms with E-state index in [2.05, 4.69) is 0 Å². The third-order valence-corrected chi connectivity index (χ3v) is 0. The molecule has 0 aromatic heterocycles. The fraction of sp³-hybridized carbons (Fsp3) is 0. The summed E-state index contributed by atoms with van der Waals surface area (Å²) in [6, 6.07) is 0. The molecule has 7 radical (unpaired) electrons. The van der Waals surface area contributed by atoms with Gasteiger partial charge in [0.05, 0.1) is 0 Å². The zero-order valence-electron chi connectivity index (χ0n) is 3.09. The van der Waals surface area contributed by atoms with E-state index < -0.39 is 0 Å². The number of hydrogen-bond donors (Lipinski definition) is 0. The molecule has 0 unspecified atom stereocenters. The molecular formula is AgLaLiSnZn. The molecule has 0 saturated carbocycles. The Hall–Kier alpha value is 3.95. The minimum Gasteiger partial charge on any atom is 0 e. The Morgan fingerprint density at radius 1 is 1.00 bits per heavy atom. The predicted molar refractivity (Wildman–Crippen MR) is 11.5 cm³/mol. The van der Waals surface area contributed by atoms with Crippen molar-refractivity contribution >= 4 is 42.8 Å². The van der Waals surface area contributed by atoms with Crippen molar-refractivity contribution in [3.8, 4) is 0 Å². The molecule has 0 heterocycles. The van der Waals surface area contributed by atoms with Gasteiger partial charge < -0.3 is 0 Å². The first-order chi connectivity index (χ1) is 0. The monoisotopic (exact) mass is 437 g/mol. The van der Waals surface area contributed by atoms with Crippen LogP contribution in [0.5, 0.6) is 0 Å². The van der Waals surface area contributed by atoms with Crippen LogP contribution in [0.25, 0.3) is 0 Å². The van der Waals surface area contributed by atoms with E-state index in [4.69, 9.17) is 0 Å². The van der Waals surface area contributed by atoms with Gasteiger partial charge in [0.2, 0.25) is 0 Å². The summed E-state index contributed by atoms with van der Waals surface area (Å²) in [6.45, 7) is 0. The second-order valence-electron chi connectivity index (χ2n) is 0. The molecule has 0 amide bonds. The van der Waals surface area contributed by atoms with Crippen molar-refractivity contribution in [1.29, 1.82) is 0 Å². The molecule has 5 heteroatoms. The van der Waals surface area contributed by atoms with Gasteiger partial charge in [-0.3, -0.25) is 0 Å². The van der Waals surface area contributed by atoms with E-state index in [1.807, 2.05) is 0 Å². The maximum absolute atomic E-state index is 0. The number of hydrogen-bond acceptors (Lipinski definition) is 0. The summed E-state index contributed by atoms with van der Waals surface area (Å²) >= 11 is 0. The van der Waals surface area contributed by atoms with Crippen molar-refractivity contribution in [3.05, 3.63) is 0 Å². The van der Waals surface area contributed by atoms with Gasteiger partial charge in [-0.25, -0.2) is 0 Å². The molecule has 0 aliphatic heterocycles. The minimum absolute atomic E-state index is 0. The Labute approximate surface area is 117 Å². The van der Waals surface area contributed by atoms with Crippen molar-refractivity contribution in [2.75, 3.05) is 0 Å². The minimum atomic E-state index is 0. The Kier molecular flexibility index (Phi) is 178. The Bertz CT molecular complexity index is 11.6. The molecular weight excluding hydrogens is 438 g/mol. The molecule has 21 valence electrons. The van der Waals surface area contributed by atoms with Crippen LogP contribution in [-0.4, -0.2) is 42.8 Å². The summed E-state index contributed by atoms with van der Waals surface area (Å²) in [6.07, 6.45) is 0. The van der Waals surface area contributed by atoms with Gasteiger partial charge in [0.15, 0.2) is 0 Å². The summed E-state index contributed by atoms with van der Waals surface area (Å²) in [5.41, 5.74) is 0. The molecule has 0 aromatic rings. The van der Waals surface area contributed by atoms with Gasteiger partial charge in [-0.1, -0.05) is 0 Å². The summed E-state index contributed by atoms with van der Waals surface area (Å²) in [7, 11) is 0. The third kappa shape index (κ3) is 18.0. The fourth-order valence-corrected chi connectivity index (χ4v) is 0. The van der Waals surface area contributed by atoms with Crippen molar-refractivity contribution in [1.82, 2.24) is 0 Å². The molecule has 0 aliphatic carbocycles. The average molecular weight is 438 g/mol. The van der Waals surface area contributed by atoms with Crippen LogP contribution in [0.2, 0.25) is 0 Å². The molecule has 0 spiro atoms. The fourth-order valence-electron chi connectivity index (χ4n) is 0. The van der Waals surface area contributed by atoms with Gasteiger partial charge in [0.1, 0.15) is 0 Å². The Morgan fingerprint density at radius 2 is 1.00 bits per heavy atom. The zero-order valence-corrected chi connectivity index (χ0v) is 14.0. The van der Waals surface area contributed by atoms with E-state index in [1.54, 1.807) is 0 Å². The van der Waals surface area contributed by atoms with Gasteiger partial charge in [-0.05, 0) is 0 Å². The molecule has 0 fully saturated rings. The van der Waals surface area contributed by atoms with Crippen LogP contribution in [0, 0.1) is 35.6 Å². The largest absolute Gasteiger partial charge is 0 e. The van der Waals surface area contributed by atoms with E-state index in [1.165, 1.54) is 0 Å². The standard InChI is InChI=1S/Ag.La.Li.Sn.Zn. The zero-order chi connectivity index (χ0) is 0. The van der Waals surface area contributed by atoms with Crippen LogP contribution >= 0.6 is 0 Å². The van der Waals surface area contributed by atoms with Crippen LogP contribution in [0.1, 0.15) is 0 Å². The molecule has 0 nitrogen and oxygen atoms in total. The van der Waals surface area contributed by atoms with Gasteiger partial charge >= 0.3 is 0 Å². The number of rotatable bonds is 0. The normalized spacial score (nSPS) is 0. The molecule has 0 saturated heterocycles. The summed E-state index contributed by atoms with van der Waals surface area (Å²) in [5.74, 6) is 0. The van der Waals surface area contributed by atoms with Crippen molar-refractivity contribution < 1.29 is 77.5 Å². The second kappa shape index (κ2) is 24.6. The van der Waals surface area contributed by atoms with Crippen molar-refractivity contribution in [3.63, 3.8) is 0 Å². The molecule has 0 bridgehead atoms. The summed E-state index contributed by atoms with van der Waals surface area (Å²) < 4.78 is 0. The Morgan fingerprint density at radius 3 is 1.00 bits per heavy atom. The topological polar surface area (TPSA) is 0 Å². The van der Waals surface area contributed by atoms with E-state index in [-0.39, 0.29) is 120 Å². The van der Waals surface area contributed by atoms with Crippen molar-refractivity contribution in [2.24, 2.45) is 0 Å². The van der Waals surface area contributed by atoms with E-state index in [0.29, 0.717) is 0 Å². The van der Waals surface area contributed by atoms with Crippen LogP contribution in [0.15, 0.2) is 0 Å². The summed E-state index contributed by atoms with van der Waals surface area (Å²) in [4.78, 5) is 0. The first-order valence-electron chi connectivity index (χ1n) is 0. The molecule has 0 aromatic carbocycles. The van der Waals surface area contributed by atoms with Crippen LogP contribution in [0.4, 0.5) is 0 Å². The first kappa shape index (κ1) is 36.2. The van der Waals surface area contributed by atoms with Gasteiger partial charge in [0, 0.05) is 120 Å². The van der Waals surface area contributed by atoms with Gasteiger partial charge in [-0.15, -0.1) is 0 Å². The first-order valence-corrected chi connectivity index (χ1v) is 0. The van der Waals surface area contributed by atoms with E-state index in [0.717, 1.165) is 0 Å². The van der Waals surface area contributed by atoms with Crippen LogP contribution in [-0.2, 0) is 41.9 Å². The maximum Gasteiger partial charge on any atom is 0 e. The summed E-state index contributed by atoms with van der Waals surface area (Å²) in [5, 5.41) is 0. The second-order valence-corrected chi connectivity index (χ2v) is 0. The SMILES string of the molecule is [Ag].[La].[Li].[Sn].[Zn]. The predicted octanol–water partition coefficient (Wildman–Crippen LogP) is -0.767. The van der Waals surface area contributed by atoms with E-state index in [9.17, 15) is 0 Å². The smallest absolute Gasteiger partial charge is 0 e. The Balaban J connectivity index is 0.